The van der Waals surface area contributed by atoms with Crippen molar-refractivity contribution in [3.05, 3.63) is 46.8 Å². The highest BCUT2D eigenvalue weighted by molar-refractivity contribution is 9.10. The van der Waals surface area contributed by atoms with E-state index in [9.17, 15) is 13.2 Å². The Balaban J connectivity index is 1.66. The van der Waals surface area contributed by atoms with E-state index in [1.165, 1.54) is 18.6 Å². The van der Waals surface area contributed by atoms with Gasteiger partial charge < -0.3 is 14.1 Å². The highest BCUT2D eigenvalue weighted by atomic mass is 79.9. The zero-order valence-corrected chi connectivity index (χ0v) is 17.3. The second-order valence-corrected chi connectivity index (χ2v) is 8.82. The number of hydrogen-bond acceptors (Lipinski definition) is 5. The van der Waals surface area contributed by atoms with E-state index in [2.05, 4.69) is 20.7 Å². The van der Waals surface area contributed by atoms with E-state index < -0.39 is 10.0 Å². The third-order valence-corrected chi connectivity index (χ3v) is 6.40. The Kier molecular flexibility index (Phi) is 6.23. The van der Waals surface area contributed by atoms with Crippen molar-refractivity contribution in [2.45, 2.75) is 30.7 Å². The molecular weight excluding hydrogens is 436 g/mol. The van der Waals surface area contributed by atoms with Gasteiger partial charge in [0.15, 0.2) is 0 Å². The van der Waals surface area contributed by atoms with Crippen molar-refractivity contribution < 1.29 is 22.4 Å². The van der Waals surface area contributed by atoms with Crippen LogP contribution < -0.4 is 9.46 Å². The molecule has 1 fully saturated rings. The minimum absolute atomic E-state index is 0.101. The molecule has 2 heterocycles. The fourth-order valence-corrected chi connectivity index (χ4v) is 5.01. The number of piperidine rings is 1. The molecule has 1 aliphatic rings. The van der Waals surface area contributed by atoms with Crippen LogP contribution in [-0.4, -0.2) is 45.0 Å². The smallest absolute Gasteiger partial charge is 0.257 e. The van der Waals surface area contributed by atoms with Crippen LogP contribution in [0.5, 0.6) is 5.75 Å². The average Bonchev–Trinajstić information content (AvgIpc) is 3.18. The van der Waals surface area contributed by atoms with Crippen molar-refractivity contribution in [2.24, 2.45) is 0 Å². The monoisotopic (exact) mass is 456 g/mol. The maximum atomic E-state index is 12.8. The Morgan fingerprint density at radius 3 is 2.70 bits per heavy atom. The van der Waals surface area contributed by atoms with Crippen LogP contribution >= 0.6 is 15.9 Å². The zero-order valence-electron chi connectivity index (χ0n) is 14.9. The lowest BCUT2D eigenvalue weighted by molar-refractivity contribution is 0.0710. The van der Waals surface area contributed by atoms with Crippen LogP contribution in [0.2, 0.25) is 0 Å². The van der Waals surface area contributed by atoms with Crippen molar-refractivity contribution in [1.29, 1.82) is 0 Å². The molecule has 0 bridgehead atoms. The van der Waals surface area contributed by atoms with Crippen molar-refractivity contribution in [2.75, 3.05) is 19.7 Å². The maximum absolute atomic E-state index is 12.8. The van der Waals surface area contributed by atoms with E-state index in [-0.39, 0.29) is 16.8 Å². The first-order valence-corrected chi connectivity index (χ1v) is 10.9. The zero-order chi connectivity index (χ0) is 19.4. The minimum atomic E-state index is -3.74. The number of hydrogen-bond donors (Lipinski definition) is 1. The molecule has 7 nitrogen and oxygen atoms in total. The van der Waals surface area contributed by atoms with Crippen molar-refractivity contribution in [3.63, 3.8) is 0 Å². The van der Waals surface area contributed by atoms with Crippen LogP contribution in [0.15, 0.2) is 50.6 Å². The van der Waals surface area contributed by atoms with Crippen LogP contribution in [0, 0.1) is 0 Å². The Morgan fingerprint density at radius 1 is 1.33 bits per heavy atom. The second-order valence-electron chi connectivity index (χ2n) is 6.22. The van der Waals surface area contributed by atoms with E-state index in [0.717, 1.165) is 0 Å². The molecule has 0 atom stereocenters. The summed E-state index contributed by atoms with van der Waals surface area (Å²) in [5.41, 5.74) is 0.504. The average molecular weight is 457 g/mol. The molecule has 1 amide bonds. The molecule has 1 aliphatic heterocycles. The summed E-state index contributed by atoms with van der Waals surface area (Å²) in [6.07, 6.45) is 3.96. The normalized spacial score (nSPS) is 15.7. The molecule has 27 heavy (non-hydrogen) atoms. The summed E-state index contributed by atoms with van der Waals surface area (Å²) in [5.74, 6) is 0.219. The van der Waals surface area contributed by atoms with Gasteiger partial charge in [0.1, 0.15) is 16.9 Å². The summed E-state index contributed by atoms with van der Waals surface area (Å²) >= 11 is 3.31. The summed E-state index contributed by atoms with van der Waals surface area (Å²) < 4.78 is 39.5. The minimum Gasteiger partial charge on any atom is -0.492 e. The van der Waals surface area contributed by atoms with Crippen molar-refractivity contribution in [1.82, 2.24) is 9.62 Å². The van der Waals surface area contributed by atoms with Gasteiger partial charge in [-0.1, -0.05) is 15.9 Å². The van der Waals surface area contributed by atoms with Gasteiger partial charge in [0, 0.05) is 23.6 Å². The fraction of sp³-hybridized carbons (Fsp3) is 0.389. The molecule has 2 aromatic rings. The van der Waals surface area contributed by atoms with Crippen molar-refractivity contribution >= 4 is 31.9 Å². The molecule has 1 aromatic heterocycles. The molecule has 3 rings (SSSR count). The number of carbonyl (C=O) groups excluding carboxylic acids is 1. The van der Waals surface area contributed by atoms with E-state index in [0.29, 0.717) is 48.3 Å². The van der Waals surface area contributed by atoms with Gasteiger partial charge in [-0.05, 0) is 44.0 Å². The number of halogens is 1. The summed E-state index contributed by atoms with van der Waals surface area (Å²) in [6, 6.07) is 6.29. The number of benzene rings is 1. The van der Waals surface area contributed by atoms with Gasteiger partial charge in [-0.3, -0.25) is 4.79 Å². The molecule has 146 valence electrons. The first-order chi connectivity index (χ1) is 12.9. The van der Waals surface area contributed by atoms with Gasteiger partial charge in [0.2, 0.25) is 10.0 Å². The highest BCUT2D eigenvalue weighted by Gasteiger charge is 2.29. The summed E-state index contributed by atoms with van der Waals surface area (Å²) in [4.78, 5) is 14.1. The van der Waals surface area contributed by atoms with E-state index in [4.69, 9.17) is 9.15 Å². The lowest BCUT2D eigenvalue weighted by atomic mass is 10.1. The Morgan fingerprint density at radius 2 is 2.07 bits per heavy atom. The molecule has 0 saturated carbocycles. The van der Waals surface area contributed by atoms with E-state index in [1.54, 1.807) is 30.0 Å². The summed E-state index contributed by atoms with van der Waals surface area (Å²) in [5, 5.41) is 0. The quantitative estimate of drug-likeness (QED) is 0.721. The lowest BCUT2D eigenvalue weighted by Gasteiger charge is -2.32. The fourth-order valence-electron chi connectivity index (χ4n) is 3.02. The maximum Gasteiger partial charge on any atom is 0.257 e. The largest absolute Gasteiger partial charge is 0.492 e. The van der Waals surface area contributed by atoms with Gasteiger partial charge >= 0.3 is 0 Å². The number of sulfonamides is 1. The molecule has 0 unspecified atom stereocenters. The molecule has 1 N–H and O–H groups in total. The van der Waals surface area contributed by atoms with Crippen LogP contribution in [0.25, 0.3) is 0 Å². The molecule has 0 aliphatic carbocycles. The van der Waals surface area contributed by atoms with Gasteiger partial charge in [-0.25, -0.2) is 13.1 Å². The Hall–Kier alpha value is -1.84. The second kappa shape index (κ2) is 8.45. The predicted octanol–water partition coefficient (Wildman–Crippen LogP) is 3.02. The van der Waals surface area contributed by atoms with Crippen molar-refractivity contribution in [3.8, 4) is 5.75 Å². The van der Waals surface area contributed by atoms with Gasteiger partial charge in [-0.15, -0.1) is 0 Å². The van der Waals surface area contributed by atoms with E-state index in [1.807, 2.05) is 0 Å². The van der Waals surface area contributed by atoms with Gasteiger partial charge in [0.05, 0.1) is 18.4 Å². The number of carbonyl (C=O) groups is 1. The first-order valence-electron chi connectivity index (χ1n) is 8.67. The molecule has 1 aromatic carbocycles. The Bertz CT molecular complexity index is 890. The number of nitrogens with one attached hydrogen (secondary N) is 1. The topological polar surface area (TPSA) is 88.9 Å². The van der Waals surface area contributed by atoms with Crippen LogP contribution in [0.3, 0.4) is 0 Å². The Labute approximate surface area is 166 Å². The summed E-state index contributed by atoms with van der Waals surface area (Å²) in [7, 11) is -3.74. The number of amides is 1. The highest BCUT2D eigenvalue weighted by Crippen LogP contribution is 2.28. The molecular formula is C18H21BrN2O5S. The predicted molar refractivity (Wildman–Crippen MR) is 103 cm³/mol. The lowest BCUT2D eigenvalue weighted by Crippen LogP contribution is -2.46. The first kappa shape index (κ1) is 19.9. The molecule has 0 spiro atoms. The molecule has 0 radical (unpaired) electrons. The third-order valence-electron chi connectivity index (χ3n) is 4.37. The number of nitrogens with zero attached hydrogens (tertiary/aromatic N) is 1. The molecule has 9 heteroatoms. The van der Waals surface area contributed by atoms with Crippen LogP contribution in [0.4, 0.5) is 0 Å². The summed E-state index contributed by atoms with van der Waals surface area (Å²) in [6.45, 7) is 3.14. The number of ether oxygens (including phenoxy) is 1. The SMILES string of the molecule is CCOc1ccc(Br)cc1S(=O)(=O)NC1CCN(C(=O)c2ccoc2)CC1. The standard InChI is InChI=1S/C18H21BrN2O5S/c1-2-26-16-4-3-14(19)11-17(16)27(23,24)20-15-5-8-21(9-6-15)18(22)13-7-10-25-12-13/h3-4,7,10-12,15,20H,2,5-6,8-9H2,1H3. The number of furan rings is 1. The van der Waals surface area contributed by atoms with Gasteiger partial charge in [0.25, 0.3) is 5.91 Å². The number of likely N-dealkylation sites (tertiary alicyclic amines) is 1. The number of rotatable bonds is 6. The molecule has 1 saturated heterocycles. The third kappa shape index (κ3) is 4.72. The van der Waals surface area contributed by atoms with Crippen LogP contribution in [-0.2, 0) is 10.0 Å². The van der Waals surface area contributed by atoms with E-state index >= 15 is 0 Å². The van der Waals surface area contributed by atoms with Gasteiger partial charge in [-0.2, -0.15) is 0 Å². The van der Waals surface area contributed by atoms with Crippen LogP contribution in [0.1, 0.15) is 30.1 Å².